The van der Waals surface area contributed by atoms with Crippen LogP contribution in [0.2, 0.25) is 0 Å². The molecule has 0 aromatic rings. The van der Waals surface area contributed by atoms with Crippen LogP contribution in [-0.2, 0) is 9.53 Å². The van der Waals surface area contributed by atoms with Gasteiger partial charge >= 0.3 is 0 Å². The number of carbonyl (C=O) groups excluding carboxylic acids is 1. The fourth-order valence-corrected chi connectivity index (χ4v) is 0.788. The van der Waals surface area contributed by atoms with Gasteiger partial charge in [-0.3, -0.25) is 4.79 Å². The highest BCUT2D eigenvalue weighted by Crippen LogP contribution is 1.84. The monoisotopic (exact) mass is 190 g/mol. The summed E-state index contributed by atoms with van der Waals surface area (Å²) in [6.07, 6.45) is 0.904. The minimum atomic E-state index is 0.865. The van der Waals surface area contributed by atoms with Gasteiger partial charge in [0.25, 0.3) is 0 Å². The Hall–Kier alpha value is -0.610. The van der Waals surface area contributed by atoms with Crippen molar-refractivity contribution < 1.29 is 9.53 Å². The first-order chi connectivity index (χ1) is 6.35. The minimum Gasteiger partial charge on any atom is -0.388 e. The van der Waals surface area contributed by atoms with Crippen molar-refractivity contribution in [2.24, 2.45) is 0 Å². The fourth-order valence-electron chi connectivity index (χ4n) is 0.788. The molecule has 0 aromatic heterocycles. The van der Waals surface area contributed by atoms with Crippen molar-refractivity contribution in [1.29, 1.82) is 0 Å². The smallest absolute Gasteiger partial charge is 0.209 e. The number of rotatable bonds is 1. The molecule has 1 fully saturated rings. The summed E-state index contributed by atoms with van der Waals surface area (Å²) < 4.78 is 4.25. The van der Waals surface area contributed by atoms with Crippen LogP contribution in [0.5, 0.6) is 0 Å². The molecule has 0 unspecified atom stereocenters. The molecular weight excluding hydrogens is 168 g/mol. The molecule has 4 heteroatoms. The van der Waals surface area contributed by atoms with Crippen LogP contribution in [0.3, 0.4) is 0 Å². The van der Waals surface area contributed by atoms with Crippen LogP contribution in [-0.4, -0.2) is 51.7 Å². The second-order valence-electron chi connectivity index (χ2n) is 2.30. The molecule has 1 amide bonds. The number of piperazine rings is 1. The molecule has 13 heavy (non-hydrogen) atoms. The molecule has 0 bridgehead atoms. The van der Waals surface area contributed by atoms with Crippen molar-refractivity contribution >= 4 is 6.41 Å². The molecule has 0 atom stereocenters. The van der Waals surface area contributed by atoms with E-state index in [0.29, 0.717) is 0 Å². The van der Waals surface area contributed by atoms with E-state index >= 15 is 0 Å². The van der Waals surface area contributed by atoms with Crippen LogP contribution in [0.4, 0.5) is 0 Å². The maximum absolute atomic E-state index is 10.1. The first-order valence-electron chi connectivity index (χ1n) is 4.65. The van der Waals surface area contributed by atoms with Gasteiger partial charge in [0, 0.05) is 40.4 Å². The number of methoxy groups -OCH3 is 1. The minimum absolute atomic E-state index is 0.865. The normalized spacial score (nSPS) is 14.6. The Kier molecular flexibility index (Phi) is 16.0. The number of ether oxygens (including phenoxy) is 1. The lowest BCUT2D eigenvalue weighted by Gasteiger charge is -2.22. The third kappa shape index (κ3) is 11.4. The molecular formula is C9H22N2O2. The van der Waals surface area contributed by atoms with Gasteiger partial charge < -0.3 is 15.0 Å². The van der Waals surface area contributed by atoms with Crippen molar-refractivity contribution in [2.75, 3.05) is 40.4 Å². The second-order valence-corrected chi connectivity index (χ2v) is 2.30. The lowest BCUT2D eigenvalue weighted by Crippen LogP contribution is -2.42. The summed E-state index contributed by atoms with van der Waals surface area (Å²) in [5, 5.41) is 3.15. The Morgan fingerprint density at radius 1 is 1.23 bits per heavy atom. The molecule has 1 rings (SSSR count). The van der Waals surface area contributed by atoms with Gasteiger partial charge in [0.05, 0.1) is 0 Å². The zero-order valence-corrected chi connectivity index (χ0v) is 9.17. The van der Waals surface area contributed by atoms with E-state index < -0.39 is 0 Å². The van der Waals surface area contributed by atoms with E-state index in [1.807, 2.05) is 13.8 Å². The Morgan fingerprint density at radius 2 is 1.62 bits per heavy atom. The van der Waals surface area contributed by atoms with Gasteiger partial charge in [-0.05, 0) is 0 Å². The highest BCUT2D eigenvalue weighted by molar-refractivity contribution is 5.47. The van der Waals surface area contributed by atoms with Crippen molar-refractivity contribution in [2.45, 2.75) is 13.8 Å². The Morgan fingerprint density at radius 3 is 1.85 bits per heavy atom. The van der Waals surface area contributed by atoms with Gasteiger partial charge in [-0.15, -0.1) is 0 Å². The van der Waals surface area contributed by atoms with Crippen molar-refractivity contribution in [3.63, 3.8) is 0 Å². The molecule has 0 aliphatic carbocycles. The Labute approximate surface area is 81.2 Å². The summed E-state index contributed by atoms with van der Waals surface area (Å²) in [4.78, 5) is 11.8. The third-order valence-electron chi connectivity index (χ3n) is 1.30. The maximum atomic E-state index is 10.1. The van der Waals surface area contributed by atoms with E-state index in [1.54, 1.807) is 19.1 Å². The van der Waals surface area contributed by atoms with Crippen molar-refractivity contribution in [3.8, 4) is 0 Å². The van der Waals surface area contributed by atoms with E-state index in [9.17, 15) is 4.79 Å². The summed E-state index contributed by atoms with van der Waals surface area (Å²) in [7, 11) is 3.25. The summed E-state index contributed by atoms with van der Waals surface area (Å²) in [6.45, 7) is 7.62. The number of nitrogens with zero attached hydrogens (tertiary/aromatic N) is 1. The van der Waals surface area contributed by atoms with E-state index in [-0.39, 0.29) is 0 Å². The molecule has 4 nitrogen and oxygen atoms in total. The molecule has 1 heterocycles. The lowest BCUT2D eigenvalue weighted by molar-refractivity contribution is -0.118. The van der Waals surface area contributed by atoms with Gasteiger partial charge in [0.15, 0.2) is 0 Å². The van der Waals surface area contributed by atoms with Gasteiger partial charge in [-0.1, -0.05) is 13.8 Å². The largest absolute Gasteiger partial charge is 0.388 e. The number of hydrogen-bond acceptors (Lipinski definition) is 3. The highest BCUT2D eigenvalue weighted by Gasteiger charge is 2.04. The molecule has 0 spiro atoms. The zero-order valence-electron chi connectivity index (χ0n) is 9.17. The maximum Gasteiger partial charge on any atom is 0.209 e. The fraction of sp³-hybridized carbons (Fsp3) is 0.889. The molecule has 1 N–H and O–H groups in total. The van der Waals surface area contributed by atoms with Gasteiger partial charge in [-0.25, -0.2) is 0 Å². The number of amides is 1. The Balaban J connectivity index is 0. The van der Waals surface area contributed by atoms with Crippen molar-refractivity contribution in [3.05, 3.63) is 0 Å². The van der Waals surface area contributed by atoms with E-state index in [1.165, 1.54) is 0 Å². The summed E-state index contributed by atoms with van der Waals surface area (Å²) in [6, 6.07) is 0. The molecule has 1 aliphatic rings. The van der Waals surface area contributed by atoms with Gasteiger partial charge in [0.2, 0.25) is 6.41 Å². The highest BCUT2D eigenvalue weighted by atomic mass is 16.4. The Bertz CT molecular complexity index is 93.6. The lowest BCUT2D eigenvalue weighted by atomic mass is 10.4. The quantitative estimate of drug-likeness (QED) is 0.606. The van der Waals surface area contributed by atoms with Crippen LogP contribution >= 0.6 is 0 Å². The number of carbonyl (C=O) groups is 1. The van der Waals surface area contributed by atoms with Crippen LogP contribution in [0, 0.1) is 0 Å². The molecule has 0 radical (unpaired) electrons. The average molecular weight is 190 g/mol. The average Bonchev–Trinajstić information content (AvgIpc) is 2.23. The first kappa shape index (κ1) is 14.9. The second kappa shape index (κ2) is 13.9. The van der Waals surface area contributed by atoms with E-state index in [4.69, 9.17) is 0 Å². The third-order valence-corrected chi connectivity index (χ3v) is 1.30. The summed E-state index contributed by atoms with van der Waals surface area (Å²) in [5.41, 5.74) is 0. The molecule has 1 saturated heterocycles. The van der Waals surface area contributed by atoms with Gasteiger partial charge in [0.1, 0.15) is 0 Å². The topological polar surface area (TPSA) is 41.6 Å². The van der Waals surface area contributed by atoms with Crippen LogP contribution in [0.1, 0.15) is 13.8 Å². The summed E-state index contributed by atoms with van der Waals surface area (Å²) in [5.74, 6) is 0. The zero-order chi connectivity index (χ0) is 10.5. The van der Waals surface area contributed by atoms with Gasteiger partial charge in [-0.2, -0.15) is 0 Å². The van der Waals surface area contributed by atoms with Crippen LogP contribution in [0.15, 0.2) is 0 Å². The predicted octanol–water partition coefficient (Wildman–Crippen LogP) is 0.337. The van der Waals surface area contributed by atoms with Crippen LogP contribution in [0.25, 0.3) is 0 Å². The molecule has 80 valence electrons. The van der Waals surface area contributed by atoms with Crippen molar-refractivity contribution in [1.82, 2.24) is 10.2 Å². The standard InChI is InChI=1S/C5H10N2O.C2H6O.C2H6/c8-5-7-3-1-6-2-4-7;1-3-2;1-2/h5-6H,1-4H2;1-2H3;1-2H3. The summed E-state index contributed by atoms with van der Waals surface area (Å²) >= 11 is 0. The van der Waals surface area contributed by atoms with Crippen LogP contribution < -0.4 is 5.32 Å². The molecule has 1 aliphatic heterocycles. The number of hydrogen-bond donors (Lipinski definition) is 1. The first-order valence-corrected chi connectivity index (χ1v) is 4.65. The SMILES string of the molecule is CC.COC.O=CN1CCNCC1. The van der Waals surface area contributed by atoms with E-state index in [0.717, 1.165) is 32.6 Å². The predicted molar refractivity (Wildman–Crippen MR) is 54.8 cm³/mol. The number of nitrogens with one attached hydrogen (secondary N) is 1. The molecule has 0 aromatic carbocycles. The molecule has 0 saturated carbocycles. The van der Waals surface area contributed by atoms with E-state index in [2.05, 4.69) is 10.1 Å².